The van der Waals surface area contributed by atoms with Crippen LogP contribution < -0.4 is 10.1 Å². The maximum atomic E-state index is 5.60. The lowest BCUT2D eigenvalue weighted by molar-refractivity contribution is 0.341. The van der Waals surface area contributed by atoms with Gasteiger partial charge in [-0.25, -0.2) is 0 Å². The third-order valence-electron chi connectivity index (χ3n) is 2.37. The van der Waals surface area contributed by atoms with E-state index in [4.69, 9.17) is 4.74 Å². The minimum absolute atomic E-state index is 0.650. The van der Waals surface area contributed by atoms with Crippen LogP contribution in [0.15, 0.2) is 24.3 Å². The molecule has 2 aromatic rings. The molecule has 18 heavy (non-hydrogen) atoms. The van der Waals surface area contributed by atoms with Crippen molar-refractivity contribution in [2.24, 2.45) is 0 Å². The standard InChI is InChI=1S/C13H17N3OS/c1-3-9-14-13-16-15-12(18-13)10-7-5-6-8-11(10)17-4-2/h5-8H,3-4,9H2,1-2H3,(H,14,16). The molecular weight excluding hydrogens is 246 g/mol. The third kappa shape index (κ3) is 2.98. The molecule has 0 saturated carbocycles. The Morgan fingerprint density at radius 3 is 2.83 bits per heavy atom. The Morgan fingerprint density at radius 1 is 1.22 bits per heavy atom. The molecular formula is C13H17N3OS. The van der Waals surface area contributed by atoms with E-state index < -0.39 is 0 Å². The summed E-state index contributed by atoms with van der Waals surface area (Å²) in [6, 6.07) is 7.92. The summed E-state index contributed by atoms with van der Waals surface area (Å²) in [7, 11) is 0. The van der Waals surface area contributed by atoms with Crippen LogP contribution >= 0.6 is 11.3 Å². The van der Waals surface area contributed by atoms with Gasteiger partial charge < -0.3 is 10.1 Å². The first-order valence-corrected chi connectivity index (χ1v) is 6.96. The minimum Gasteiger partial charge on any atom is -0.493 e. The summed E-state index contributed by atoms with van der Waals surface area (Å²) in [5, 5.41) is 13.3. The number of hydrogen-bond acceptors (Lipinski definition) is 5. The number of nitrogens with one attached hydrogen (secondary N) is 1. The van der Waals surface area contributed by atoms with Crippen molar-refractivity contribution in [1.29, 1.82) is 0 Å². The van der Waals surface area contributed by atoms with Crippen molar-refractivity contribution in [2.75, 3.05) is 18.5 Å². The Labute approximate surface area is 111 Å². The van der Waals surface area contributed by atoms with E-state index in [0.717, 1.165) is 34.4 Å². The molecule has 1 aromatic heterocycles. The summed E-state index contributed by atoms with van der Waals surface area (Å²) >= 11 is 1.55. The molecule has 0 unspecified atom stereocenters. The van der Waals surface area contributed by atoms with Crippen LogP contribution in [0, 0.1) is 0 Å². The number of benzene rings is 1. The zero-order chi connectivity index (χ0) is 12.8. The maximum Gasteiger partial charge on any atom is 0.206 e. The quantitative estimate of drug-likeness (QED) is 0.867. The Bertz CT molecular complexity index is 498. The van der Waals surface area contributed by atoms with Crippen LogP contribution in [0.1, 0.15) is 20.3 Å². The molecule has 1 heterocycles. The van der Waals surface area contributed by atoms with Crippen molar-refractivity contribution in [3.63, 3.8) is 0 Å². The van der Waals surface area contributed by atoms with Gasteiger partial charge in [0.05, 0.1) is 12.2 Å². The molecule has 0 radical (unpaired) electrons. The number of anilines is 1. The highest BCUT2D eigenvalue weighted by Gasteiger charge is 2.10. The minimum atomic E-state index is 0.650. The van der Waals surface area contributed by atoms with E-state index >= 15 is 0 Å². The fourth-order valence-electron chi connectivity index (χ4n) is 1.56. The van der Waals surface area contributed by atoms with E-state index in [1.165, 1.54) is 0 Å². The monoisotopic (exact) mass is 263 g/mol. The van der Waals surface area contributed by atoms with E-state index in [-0.39, 0.29) is 0 Å². The summed E-state index contributed by atoms with van der Waals surface area (Å²) in [5.41, 5.74) is 1.00. The lowest BCUT2D eigenvalue weighted by atomic mass is 10.2. The second-order valence-electron chi connectivity index (χ2n) is 3.77. The fourth-order valence-corrected chi connectivity index (χ4v) is 2.36. The van der Waals surface area contributed by atoms with Crippen molar-refractivity contribution < 1.29 is 4.74 Å². The zero-order valence-electron chi connectivity index (χ0n) is 10.6. The first-order chi connectivity index (χ1) is 8.85. The van der Waals surface area contributed by atoms with Crippen LogP contribution in [-0.4, -0.2) is 23.3 Å². The van der Waals surface area contributed by atoms with Crippen LogP contribution in [0.3, 0.4) is 0 Å². The fraction of sp³-hybridized carbons (Fsp3) is 0.385. The van der Waals surface area contributed by atoms with Gasteiger partial charge in [0.15, 0.2) is 5.01 Å². The van der Waals surface area contributed by atoms with Crippen molar-refractivity contribution in [1.82, 2.24) is 10.2 Å². The van der Waals surface area contributed by atoms with Crippen LogP contribution in [-0.2, 0) is 0 Å². The molecule has 1 aromatic carbocycles. The van der Waals surface area contributed by atoms with Gasteiger partial charge in [0, 0.05) is 6.54 Å². The molecule has 0 aliphatic heterocycles. The summed E-state index contributed by atoms with van der Waals surface area (Å²) < 4.78 is 5.60. The second kappa shape index (κ2) is 6.35. The predicted molar refractivity (Wildman–Crippen MR) is 75.3 cm³/mol. The molecule has 0 atom stereocenters. The maximum absolute atomic E-state index is 5.60. The molecule has 0 spiro atoms. The van der Waals surface area contributed by atoms with Gasteiger partial charge in [-0.1, -0.05) is 30.4 Å². The predicted octanol–water partition coefficient (Wildman–Crippen LogP) is 3.43. The smallest absolute Gasteiger partial charge is 0.206 e. The van der Waals surface area contributed by atoms with Gasteiger partial charge >= 0.3 is 0 Å². The van der Waals surface area contributed by atoms with E-state index in [2.05, 4.69) is 22.4 Å². The highest BCUT2D eigenvalue weighted by molar-refractivity contribution is 7.18. The molecule has 4 nitrogen and oxygen atoms in total. The van der Waals surface area contributed by atoms with Gasteiger partial charge in [-0.15, -0.1) is 10.2 Å². The van der Waals surface area contributed by atoms with E-state index in [9.17, 15) is 0 Å². The largest absolute Gasteiger partial charge is 0.493 e. The molecule has 0 fully saturated rings. The topological polar surface area (TPSA) is 47.0 Å². The number of nitrogens with zero attached hydrogens (tertiary/aromatic N) is 2. The van der Waals surface area contributed by atoms with Gasteiger partial charge in [0.1, 0.15) is 5.75 Å². The van der Waals surface area contributed by atoms with E-state index in [0.29, 0.717) is 6.61 Å². The van der Waals surface area contributed by atoms with E-state index in [1.54, 1.807) is 11.3 Å². The first-order valence-electron chi connectivity index (χ1n) is 6.14. The number of para-hydroxylation sites is 1. The zero-order valence-corrected chi connectivity index (χ0v) is 11.5. The van der Waals surface area contributed by atoms with Gasteiger partial charge in [-0.05, 0) is 25.5 Å². The van der Waals surface area contributed by atoms with Gasteiger partial charge in [0.2, 0.25) is 5.13 Å². The molecule has 0 aliphatic rings. The third-order valence-corrected chi connectivity index (χ3v) is 3.28. The molecule has 0 saturated heterocycles. The van der Waals surface area contributed by atoms with E-state index in [1.807, 2.05) is 31.2 Å². The highest BCUT2D eigenvalue weighted by atomic mass is 32.1. The molecule has 1 N–H and O–H groups in total. The van der Waals surface area contributed by atoms with Crippen molar-refractivity contribution in [3.05, 3.63) is 24.3 Å². The molecule has 0 amide bonds. The van der Waals surface area contributed by atoms with Gasteiger partial charge in [-0.3, -0.25) is 0 Å². The molecule has 5 heteroatoms. The van der Waals surface area contributed by atoms with Gasteiger partial charge in [-0.2, -0.15) is 0 Å². The van der Waals surface area contributed by atoms with Crippen LogP contribution in [0.4, 0.5) is 5.13 Å². The number of hydrogen-bond donors (Lipinski definition) is 1. The summed E-state index contributed by atoms with van der Waals surface area (Å²) in [5.74, 6) is 0.859. The average Bonchev–Trinajstić information content (AvgIpc) is 2.86. The molecule has 0 aliphatic carbocycles. The number of rotatable bonds is 6. The number of aromatic nitrogens is 2. The van der Waals surface area contributed by atoms with Crippen LogP contribution in [0.2, 0.25) is 0 Å². The Hall–Kier alpha value is -1.62. The Morgan fingerprint density at radius 2 is 2.06 bits per heavy atom. The lowest BCUT2D eigenvalue weighted by Gasteiger charge is -2.06. The van der Waals surface area contributed by atoms with Crippen LogP contribution in [0.25, 0.3) is 10.6 Å². The summed E-state index contributed by atoms with van der Waals surface area (Å²) in [6.45, 7) is 5.67. The first kappa shape index (κ1) is 12.8. The lowest BCUT2D eigenvalue weighted by Crippen LogP contribution is -1.98. The Kier molecular flexibility index (Phi) is 4.52. The van der Waals surface area contributed by atoms with Crippen molar-refractivity contribution in [3.8, 4) is 16.3 Å². The SMILES string of the molecule is CCCNc1nnc(-c2ccccc2OCC)s1. The molecule has 96 valence electrons. The summed E-state index contributed by atoms with van der Waals surface area (Å²) in [6.07, 6.45) is 1.07. The van der Waals surface area contributed by atoms with Crippen LogP contribution in [0.5, 0.6) is 5.75 Å². The van der Waals surface area contributed by atoms with Gasteiger partial charge in [0.25, 0.3) is 0 Å². The highest BCUT2D eigenvalue weighted by Crippen LogP contribution is 2.33. The average molecular weight is 263 g/mol. The molecule has 2 rings (SSSR count). The normalized spacial score (nSPS) is 10.3. The molecule has 0 bridgehead atoms. The Balaban J connectivity index is 2.22. The number of ether oxygens (including phenoxy) is 1. The second-order valence-corrected chi connectivity index (χ2v) is 4.75. The van der Waals surface area contributed by atoms with Crippen molar-refractivity contribution in [2.45, 2.75) is 20.3 Å². The van der Waals surface area contributed by atoms with Crippen molar-refractivity contribution >= 4 is 16.5 Å². The summed E-state index contributed by atoms with van der Waals surface area (Å²) in [4.78, 5) is 0.